The van der Waals surface area contributed by atoms with Gasteiger partial charge in [-0.2, -0.15) is 5.10 Å². The van der Waals surface area contributed by atoms with Crippen molar-refractivity contribution in [2.24, 2.45) is 0 Å². The molecule has 19 heavy (non-hydrogen) atoms. The van der Waals surface area contributed by atoms with Gasteiger partial charge < -0.3 is 0 Å². The van der Waals surface area contributed by atoms with Gasteiger partial charge in [-0.05, 0) is 6.26 Å². The average Bonchev–Trinajstić information content (AvgIpc) is 3.04. The molecule has 0 aliphatic carbocycles. The third kappa shape index (κ3) is 2.04. The van der Waals surface area contributed by atoms with E-state index in [-0.39, 0.29) is 5.69 Å². The lowest BCUT2D eigenvalue weighted by Gasteiger charge is -1.98. The van der Waals surface area contributed by atoms with Crippen molar-refractivity contribution in [3.63, 3.8) is 0 Å². The maximum Gasteiger partial charge on any atom is 0.307 e. The van der Waals surface area contributed by atoms with Crippen molar-refractivity contribution in [1.29, 1.82) is 0 Å². The molecule has 0 saturated heterocycles. The Morgan fingerprint density at radius 3 is 3.00 bits per heavy atom. The fourth-order valence-corrected chi connectivity index (χ4v) is 2.99. The molecule has 96 valence electrons. The van der Waals surface area contributed by atoms with Gasteiger partial charge >= 0.3 is 5.69 Å². The summed E-state index contributed by atoms with van der Waals surface area (Å²) in [6, 6.07) is 0. The Bertz CT molecular complexity index is 767. The molecule has 3 aromatic rings. The van der Waals surface area contributed by atoms with E-state index in [1.54, 1.807) is 0 Å². The number of hydrogen-bond acceptors (Lipinski definition) is 8. The number of aromatic nitrogens is 5. The third-order valence-electron chi connectivity index (χ3n) is 2.32. The molecular formula is C9H6N6O2S2. The highest BCUT2D eigenvalue weighted by Crippen LogP contribution is 2.30. The van der Waals surface area contributed by atoms with Crippen LogP contribution in [0.3, 0.4) is 0 Å². The van der Waals surface area contributed by atoms with Crippen LogP contribution in [-0.2, 0) is 0 Å². The number of hydrogen-bond donors (Lipinski definition) is 0. The molecule has 0 bridgehead atoms. The van der Waals surface area contributed by atoms with Crippen molar-refractivity contribution in [1.82, 2.24) is 24.7 Å². The highest BCUT2D eigenvalue weighted by molar-refractivity contribution is 8.00. The van der Waals surface area contributed by atoms with Crippen LogP contribution >= 0.6 is 23.1 Å². The summed E-state index contributed by atoms with van der Waals surface area (Å²) in [7, 11) is 0. The molecular weight excluding hydrogens is 288 g/mol. The van der Waals surface area contributed by atoms with Gasteiger partial charge in [-0.3, -0.25) is 10.1 Å². The molecule has 0 aliphatic heterocycles. The largest absolute Gasteiger partial charge is 0.307 e. The third-order valence-corrected chi connectivity index (χ3v) is 4.35. The van der Waals surface area contributed by atoms with Crippen molar-refractivity contribution in [2.75, 3.05) is 6.26 Å². The molecule has 0 atom stereocenters. The molecule has 0 amide bonds. The molecule has 10 heteroatoms. The van der Waals surface area contributed by atoms with Gasteiger partial charge in [-0.25, -0.2) is 19.6 Å². The van der Waals surface area contributed by atoms with Crippen LogP contribution in [0.2, 0.25) is 0 Å². The van der Waals surface area contributed by atoms with Crippen LogP contribution in [0, 0.1) is 10.1 Å². The van der Waals surface area contributed by atoms with Crippen LogP contribution in [0.4, 0.5) is 5.69 Å². The first-order chi connectivity index (χ1) is 9.19. The SMILES string of the molecule is CSc1nc2ncnc(-n3cc([N+](=O)[O-])cn3)c2s1. The highest BCUT2D eigenvalue weighted by Gasteiger charge is 2.15. The summed E-state index contributed by atoms with van der Waals surface area (Å²) >= 11 is 2.94. The predicted molar refractivity (Wildman–Crippen MR) is 70.8 cm³/mol. The van der Waals surface area contributed by atoms with Gasteiger partial charge in [0.15, 0.2) is 15.8 Å². The number of nitrogens with zero attached hydrogens (tertiary/aromatic N) is 6. The van der Waals surface area contributed by atoms with E-state index >= 15 is 0 Å². The van der Waals surface area contributed by atoms with E-state index in [1.165, 1.54) is 46.5 Å². The number of nitro groups is 1. The fourth-order valence-electron chi connectivity index (χ4n) is 1.50. The smallest absolute Gasteiger partial charge is 0.258 e. The standard InChI is InChI=1S/C9H6N6O2S2/c1-18-9-13-7-6(19-9)8(11-4-10-7)14-3-5(2-12-14)15(16)17/h2-4H,1H3. The van der Waals surface area contributed by atoms with E-state index in [0.29, 0.717) is 11.5 Å². The molecule has 0 saturated carbocycles. The van der Waals surface area contributed by atoms with Crippen molar-refractivity contribution in [3.8, 4) is 5.82 Å². The molecule has 0 N–H and O–H groups in total. The molecule has 3 rings (SSSR count). The summed E-state index contributed by atoms with van der Waals surface area (Å²) in [5.74, 6) is 0.496. The van der Waals surface area contributed by atoms with Crippen LogP contribution in [0.25, 0.3) is 16.2 Å². The molecule has 3 heterocycles. The Morgan fingerprint density at radius 2 is 2.32 bits per heavy atom. The number of thioether (sulfide) groups is 1. The lowest BCUT2D eigenvalue weighted by Crippen LogP contribution is -1.98. The Hall–Kier alpha value is -2.07. The summed E-state index contributed by atoms with van der Waals surface area (Å²) in [5.41, 5.74) is 0.485. The lowest BCUT2D eigenvalue weighted by molar-refractivity contribution is -0.384. The summed E-state index contributed by atoms with van der Waals surface area (Å²) in [4.78, 5) is 22.7. The van der Waals surface area contributed by atoms with Crippen LogP contribution < -0.4 is 0 Å². The monoisotopic (exact) mass is 294 g/mol. The minimum Gasteiger partial charge on any atom is -0.258 e. The number of rotatable bonds is 3. The first-order valence-electron chi connectivity index (χ1n) is 5.04. The van der Waals surface area contributed by atoms with E-state index in [2.05, 4.69) is 20.1 Å². The summed E-state index contributed by atoms with van der Waals surface area (Å²) < 4.78 is 2.98. The Morgan fingerprint density at radius 1 is 1.47 bits per heavy atom. The summed E-state index contributed by atoms with van der Waals surface area (Å²) in [6.07, 6.45) is 5.79. The summed E-state index contributed by atoms with van der Waals surface area (Å²) in [6.45, 7) is 0. The van der Waals surface area contributed by atoms with E-state index in [9.17, 15) is 10.1 Å². The normalized spacial score (nSPS) is 11.0. The van der Waals surface area contributed by atoms with Crippen molar-refractivity contribution >= 4 is 39.1 Å². The second-order valence-corrected chi connectivity index (χ2v) is 5.49. The Balaban J connectivity index is 2.17. The lowest BCUT2D eigenvalue weighted by atomic mass is 10.5. The molecule has 0 aliphatic rings. The van der Waals surface area contributed by atoms with Gasteiger partial charge in [-0.1, -0.05) is 11.8 Å². The van der Waals surface area contributed by atoms with E-state index in [1.807, 2.05) is 6.26 Å². The second kappa shape index (κ2) is 4.55. The number of fused-ring (bicyclic) bond motifs is 1. The first-order valence-corrected chi connectivity index (χ1v) is 7.08. The zero-order chi connectivity index (χ0) is 13.4. The minimum atomic E-state index is -0.498. The molecule has 0 unspecified atom stereocenters. The van der Waals surface area contributed by atoms with Gasteiger partial charge in [0.2, 0.25) is 0 Å². The van der Waals surface area contributed by atoms with E-state index < -0.39 is 4.92 Å². The molecule has 0 fully saturated rings. The molecule has 0 spiro atoms. The van der Waals surface area contributed by atoms with Crippen molar-refractivity contribution < 1.29 is 4.92 Å². The first kappa shape index (κ1) is 12.0. The van der Waals surface area contributed by atoms with Gasteiger partial charge in [0.25, 0.3) is 0 Å². The second-order valence-electron chi connectivity index (χ2n) is 3.43. The average molecular weight is 294 g/mol. The molecule has 0 radical (unpaired) electrons. The van der Waals surface area contributed by atoms with Crippen LogP contribution in [0.15, 0.2) is 23.1 Å². The zero-order valence-corrected chi connectivity index (χ0v) is 11.2. The van der Waals surface area contributed by atoms with Gasteiger partial charge in [0.1, 0.15) is 23.4 Å². The van der Waals surface area contributed by atoms with Gasteiger partial charge in [0.05, 0.1) is 4.92 Å². The number of thiazole rings is 1. The maximum atomic E-state index is 10.7. The maximum absolute atomic E-state index is 10.7. The van der Waals surface area contributed by atoms with Crippen molar-refractivity contribution in [2.45, 2.75) is 4.34 Å². The van der Waals surface area contributed by atoms with E-state index in [0.717, 1.165) is 9.04 Å². The van der Waals surface area contributed by atoms with E-state index in [4.69, 9.17) is 0 Å². The minimum absolute atomic E-state index is 0.0821. The molecule has 0 aromatic carbocycles. The van der Waals surface area contributed by atoms with Crippen molar-refractivity contribution in [3.05, 3.63) is 28.8 Å². The molecule has 8 nitrogen and oxygen atoms in total. The zero-order valence-electron chi connectivity index (χ0n) is 9.55. The topological polar surface area (TPSA) is 99.6 Å². The Labute approximate surface area is 114 Å². The Kier molecular flexibility index (Phi) is 2.87. The van der Waals surface area contributed by atoms with Gasteiger partial charge in [0, 0.05) is 0 Å². The van der Waals surface area contributed by atoms with Crippen LogP contribution in [0.1, 0.15) is 0 Å². The predicted octanol–water partition coefficient (Wildman–Crippen LogP) is 1.90. The van der Waals surface area contributed by atoms with Crippen LogP contribution in [-0.4, -0.2) is 35.9 Å². The quantitative estimate of drug-likeness (QED) is 0.413. The molecule has 3 aromatic heterocycles. The highest BCUT2D eigenvalue weighted by atomic mass is 32.2. The summed E-state index contributed by atoms with van der Waals surface area (Å²) in [5, 5.41) is 14.6. The fraction of sp³-hybridized carbons (Fsp3) is 0.111. The van der Waals surface area contributed by atoms with Gasteiger partial charge in [-0.15, -0.1) is 11.3 Å². The van der Waals surface area contributed by atoms with Crippen LogP contribution in [0.5, 0.6) is 0 Å².